The molecule has 8 heteroatoms. The van der Waals surface area contributed by atoms with Gasteiger partial charge in [0.2, 0.25) is 0 Å². The average Bonchev–Trinajstić information content (AvgIpc) is 3.04. The third kappa shape index (κ3) is 4.59. The molecule has 1 N–H and O–H groups in total. The molecular weight excluding hydrogens is 433 g/mol. The third-order valence-electron chi connectivity index (χ3n) is 5.27. The van der Waals surface area contributed by atoms with Gasteiger partial charge in [-0.3, -0.25) is 14.5 Å². The van der Waals surface area contributed by atoms with Gasteiger partial charge in [-0.15, -0.1) is 0 Å². The van der Waals surface area contributed by atoms with E-state index in [0.29, 0.717) is 17.7 Å². The van der Waals surface area contributed by atoms with Crippen molar-refractivity contribution in [1.82, 2.24) is 4.90 Å². The second-order valence-electron chi connectivity index (χ2n) is 7.37. The Bertz CT molecular complexity index is 1240. The van der Waals surface area contributed by atoms with E-state index in [9.17, 15) is 22.8 Å². The number of hydrogen-bond acceptors (Lipinski definition) is 4. The van der Waals surface area contributed by atoms with E-state index >= 15 is 0 Å². The van der Waals surface area contributed by atoms with Gasteiger partial charge in [0.1, 0.15) is 17.3 Å². The van der Waals surface area contributed by atoms with E-state index in [0.717, 1.165) is 22.6 Å². The highest BCUT2D eigenvalue weighted by atomic mass is 19.2. The lowest BCUT2D eigenvalue weighted by Gasteiger charge is -2.15. The minimum Gasteiger partial charge on any atom is -0.497 e. The first-order valence-electron chi connectivity index (χ1n) is 10.1. The van der Waals surface area contributed by atoms with E-state index in [-0.39, 0.29) is 23.5 Å². The van der Waals surface area contributed by atoms with Gasteiger partial charge in [0.25, 0.3) is 11.8 Å². The molecule has 0 saturated carbocycles. The predicted molar refractivity (Wildman–Crippen MR) is 117 cm³/mol. The van der Waals surface area contributed by atoms with Crippen LogP contribution in [-0.2, 0) is 16.0 Å². The standard InChI is InChI=1S/C25H19F3N2O3/c1-33-19-9-2-15(3-10-19)12-13-30-24(31)22(16-4-6-17(26)7-5-16)23(25(30)32)29-18-8-11-20(27)21(28)14-18/h2-11,14,29H,12-13H2,1H3. The summed E-state index contributed by atoms with van der Waals surface area (Å²) in [5, 5.41) is 2.75. The quantitative estimate of drug-likeness (QED) is 0.535. The number of carbonyl (C=O) groups excluding carboxylic acids is 2. The fourth-order valence-electron chi connectivity index (χ4n) is 3.53. The first-order chi connectivity index (χ1) is 15.9. The third-order valence-corrected chi connectivity index (χ3v) is 5.27. The van der Waals surface area contributed by atoms with Crippen LogP contribution in [0.15, 0.2) is 72.4 Å². The largest absolute Gasteiger partial charge is 0.497 e. The van der Waals surface area contributed by atoms with Crippen LogP contribution in [-0.4, -0.2) is 30.4 Å². The van der Waals surface area contributed by atoms with Crippen molar-refractivity contribution in [3.8, 4) is 5.75 Å². The molecule has 2 amide bonds. The Hall–Kier alpha value is -4.07. The van der Waals surface area contributed by atoms with Crippen LogP contribution in [0.2, 0.25) is 0 Å². The molecule has 0 spiro atoms. The van der Waals surface area contributed by atoms with Crippen LogP contribution in [0.1, 0.15) is 11.1 Å². The Balaban J connectivity index is 1.64. The highest BCUT2D eigenvalue weighted by Crippen LogP contribution is 2.31. The van der Waals surface area contributed by atoms with E-state index in [1.807, 2.05) is 12.1 Å². The molecule has 3 aromatic carbocycles. The fourth-order valence-corrected chi connectivity index (χ4v) is 3.53. The molecule has 0 aliphatic carbocycles. The van der Waals surface area contributed by atoms with Crippen molar-refractivity contribution in [2.45, 2.75) is 6.42 Å². The van der Waals surface area contributed by atoms with Gasteiger partial charge in [0.05, 0.1) is 12.7 Å². The first-order valence-corrected chi connectivity index (χ1v) is 10.1. The number of nitrogens with zero attached hydrogens (tertiary/aromatic N) is 1. The predicted octanol–water partition coefficient (Wildman–Crippen LogP) is 4.55. The summed E-state index contributed by atoms with van der Waals surface area (Å²) in [5.41, 5.74) is 1.25. The topological polar surface area (TPSA) is 58.6 Å². The van der Waals surface area contributed by atoms with Crippen LogP contribution < -0.4 is 10.1 Å². The number of nitrogens with one attached hydrogen (secondary N) is 1. The molecule has 5 nitrogen and oxygen atoms in total. The Kier molecular flexibility index (Phi) is 6.17. The molecular formula is C25H19F3N2O3. The van der Waals surface area contributed by atoms with Gasteiger partial charge >= 0.3 is 0 Å². The van der Waals surface area contributed by atoms with Gasteiger partial charge < -0.3 is 10.1 Å². The summed E-state index contributed by atoms with van der Waals surface area (Å²) in [4.78, 5) is 27.4. The number of imide groups is 1. The molecule has 0 unspecified atom stereocenters. The number of benzene rings is 3. The van der Waals surface area contributed by atoms with E-state index < -0.39 is 29.3 Å². The lowest BCUT2D eigenvalue weighted by atomic mass is 10.0. The zero-order valence-corrected chi connectivity index (χ0v) is 17.6. The van der Waals surface area contributed by atoms with Crippen LogP contribution in [0.3, 0.4) is 0 Å². The monoisotopic (exact) mass is 452 g/mol. The summed E-state index contributed by atoms with van der Waals surface area (Å²) in [6, 6.07) is 15.4. The van der Waals surface area contributed by atoms with Crippen LogP contribution >= 0.6 is 0 Å². The molecule has 3 aromatic rings. The molecule has 0 radical (unpaired) electrons. The van der Waals surface area contributed by atoms with Gasteiger partial charge in [0, 0.05) is 18.3 Å². The molecule has 0 atom stereocenters. The Morgan fingerprint density at radius 2 is 1.55 bits per heavy atom. The molecule has 0 fully saturated rings. The summed E-state index contributed by atoms with van der Waals surface area (Å²) in [7, 11) is 1.56. The zero-order chi connectivity index (χ0) is 23.5. The highest BCUT2D eigenvalue weighted by molar-refractivity contribution is 6.36. The minimum atomic E-state index is -1.10. The number of carbonyl (C=O) groups is 2. The molecule has 33 heavy (non-hydrogen) atoms. The molecule has 1 heterocycles. The maximum Gasteiger partial charge on any atom is 0.278 e. The summed E-state index contributed by atoms with van der Waals surface area (Å²) in [5.74, 6) is -3.13. The Labute approximate surface area is 188 Å². The Morgan fingerprint density at radius 3 is 2.18 bits per heavy atom. The lowest BCUT2D eigenvalue weighted by molar-refractivity contribution is -0.136. The number of amides is 2. The zero-order valence-electron chi connectivity index (χ0n) is 17.6. The number of rotatable bonds is 7. The lowest BCUT2D eigenvalue weighted by Crippen LogP contribution is -2.34. The Morgan fingerprint density at radius 1 is 0.848 bits per heavy atom. The average molecular weight is 452 g/mol. The van der Waals surface area contributed by atoms with Crippen molar-refractivity contribution in [3.05, 3.63) is 101 Å². The van der Waals surface area contributed by atoms with E-state index in [1.54, 1.807) is 19.2 Å². The molecule has 1 aliphatic rings. The van der Waals surface area contributed by atoms with Crippen LogP contribution in [0.4, 0.5) is 18.9 Å². The minimum absolute atomic E-state index is 0.0273. The van der Waals surface area contributed by atoms with Crippen molar-refractivity contribution in [3.63, 3.8) is 0 Å². The van der Waals surface area contributed by atoms with E-state index in [2.05, 4.69) is 5.32 Å². The van der Waals surface area contributed by atoms with Gasteiger partial charge in [-0.2, -0.15) is 0 Å². The molecule has 4 rings (SSSR count). The number of methoxy groups -OCH3 is 1. The maximum absolute atomic E-state index is 13.7. The fraction of sp³-hybridized carbons (Fsp3) is 0.120. The molecule has 0 saturated heterocycles. The summed E-state index contributed by atoms with van der Waals surface area (Å²) in [6.45, 7) is 0.0949. The van der Waals surface area contributed by atoms with Crippen molar-refractivity contribution in [2.24, 2.45) is 0 Å². The van der Waals surface area contributed by atoms with Gasteiger partial charge in [-0.25, -0.2) is 13.2 Å². The summed E-state index contributed by atoms with van der Waals surface area (Å²) < 4.78 is 45.6. The highest BCUT2D eigenvalue weighted by Gasteiger charge is 2.39. The van der Waals surface area contributed by atoms with Gasteiger partial charge in [-0.05, 0) is 53.9 Å². The number of anilines is 1. The van der Waals surface area contributed by atoms with Crippen LogP contribution in [0.5, 0.6) is 5.75 Å². The van der Waals surface area contributed by atoms with Gasteiger partial charge in [-0.1, -0.05) is 24.3 Å². The van der Waals surface area contributed by atoms with E-state index in [1.165, 1.54) is 30.3 Å². The first kappa shape index (κ1) is 22.1. The number of hydrogen-bond donors (Lipinski definition) is 1. The molecule has 0 aromatic heterocycles. The van der Waals surface area contributed by atoms with Crippen molar-refractivity contribution < 1.29 is 27.5 Å². The number of ether oxygens (including phenoxy) is 1. The van der Waals surface area contributed by atoms with E-state index in [4.69, 9.17) is 4.74 Å². The second-order valence-corrected chi connectivity index (χ2v) is 7.37. The molecule has 1 aliphatic heterocycles. The maximum atomic E-state index is 13.7. The number of halogens is 3. The summed E-state index contributed by atoms with van der Waals surface area (Å²) in [6.07, 6.45) is 0.399. The second kappa shape index (κ2) is 9.20. The van der Waals surface area contributed by atoms with Gasteiger partial charge in [0.15, 0.2) is 11.6 Å². The van der Waals surface area contributed by atoms with Crippen molar-refractivity contribution in [1.29, 1.82) is 0 Å². The molecule has 0 bridgehead atoms. The SMILES string of the molecule is COc1ccc(CCN2C(=O)C(Nc3ccc(F)c(F)c3)=C(c3ccc(F)cc3)C2=O)cc1. The van der Waals surface area contributed by atoms with Crippen LogP contribution in [0.25, 0.3) is 5.57 Å². The van der Waals surface area contributed by atoms with Crippen molar-refractivity contribution in [2.75, 3.05) is 19.0 Å². The molecule has 168 valence electrons. The van der Waals surface area contributed by atoms with Crippen molar-refractivity contribution >= 4 is 23.1 Å². The van der Waals surface area contributed by atoms with Crippen LogP contribution in [0, 0.1) is 17.5 Å². The smallest absolute Gasteiger partial charge is 0.278 e. The normalized spacial score (nSPS) is 13.6. The summed E-state index contributed by atoms with van der Waals surface area (Å²) >= 11 is 0.